The van der Waals surface area contributed by atoms with Crippen LogP contribution in [-0.2, 0) is 9.47 Å². The summed E-state index contributed by atoms with van der Waals surface area (Å²) in [6.07, 6.45) is 5.94. The molecule has 1 fully saturated rings. The Labute approximate surface area is 86.2 Å². The minimum atomic E-state index is -0.0849. The Bertz CT molecular complexity index is 208. The third kappa shape index (κ3) is 4.10. The largest absolute Gasteiger partial charge is 0.378 e. The zero-order valence-electron chi connectivity index (χ0n) is 9.01. The molecule has 0 radical (unpaired) electrons. The summed E-state index contributed by atoms with van der Waals surface area (Å²) in [5.41, 5.74) is -0.0849. The molecule has 0 aromatic rings. The average Bonchev–Trinajstić information content (AvgIpc) is 2.11. The Morgan fingerprint density at radius 3 is 3.07 bits per heavy atom. The van der Waals surface area contributed by atoms with Crippen LogP contribution in [0, 0.1) is 12.3 Å². The fraction of sp³-hybridized carbons (Fsp3) is 0.818. The molecule has 0 amide bonds. The average molecular weight is 197 g/mol. The van der Waals surface area contributed by atoms with Crippen LogP contribution in [0.5, 0.6) is 0 Å². The third-order valence-electron chi connectivity index (χ3n) is 2.10. The lowest BCUT2D eigenvalue weighted by Crippen LogP contribution is -2.51. The van der Waals surface area contributed by atoms with Crippen molar-refractivity contribution in [3.8, 4) is 12.3 Å². The van der Waals surface area contributed by atoms with E-state index in [4.69, 9.17) is 15.9 Å². The van der Waals surface area contributed by atoms with Gasteiger partial charge in [0.25, 0.3) is 0 Å². The highest BCUT2D eigenvalue weighted by molar-refractivity contribution is 4.83. The SMILES string of the molecule is C#CCCOCC1CNCC(C)(C)O1. The van der Waals surface area contributed by atoms with Gasteiger partial charge in [0.2, 0.25) is 0 Å². The topological polar surface area (TPSA) is 30.5 Å². The Morgan fingerprint density at radius 2 is 2.43 bits per heavy atom. The second kappa shape index (κ2) is 5.35. The van der Waals surface area contributed by atoms with E-state index in [1.165, 1.54) is 0 Å². The van der Waals surface area contributed by atoms with Gasteiger partial charge in [-0.1, -0.05) is 0 Å². The predicted octanol–water partition coefficient (Wildman–Crippen LogP) is 0.793. The summed E-state index contributed by atoms with van der Waals surface area (Å²) in [6.45, 7) is 7.16. The molecule has 3 nitrogen and oxygen atoms in total. The van der Waals surface area contributed by atoms with Crippen LogP contribution in [0.1, 0.15) is 20.3 Å². The summed E-state index contributed by atoms with van der Waals surface area (Å²) >= 11 is 0. The molecule has 3 heteroatoms. The highest BCUT2D eigenvalue weighted by Gasteiger charge is 2.27. The molecule has 1 aliphatic heterocycles. The number of nitrogens with one attached hydrogen (secondary N) is 1. The molecule has 0 aromatic carbocycles. The van der Waals surface area contributed by atoms with Crippen LogP contribution in [0.25, 0.3) is 0 Å². The van der Waals surface area contributed by atoms with Crippen molar-refractivity contribution < 1.29 is 9.47 Å². The van der Waals surface area contributed by atoms with Crippen molar-refractivity contribution in [2.45, 2.75) is 32.0 Å². The van der Waals surface area contributed by atoms with Gasteiger partial charge in [-0.2, -0.15) is 0 Å². The van der Waals surface area contributed by atoms with E-state index < -0.39 is 0 Å². The van der Waals surface area contributed by atoms with Crippen molar-refractivity contribution >= 4 is 0 Å². The van der Waals surface area contributed by atoms with E-state index in [0.29, 0.717) is 19.6 Å². The van der Waals surface area contributed by atoms with Gasteiger partial charge in [0.15, 0.2) is 0 Å². The van der Waals surface area contributed by atoms with E-state index >= 15 is 0 Å². The minimum Gasteiger partial charge on any atom is -0.378 e. The molecule has 0 aliphatic carbocycles. The zero-order valence-corrected chi connectivity index (χ0v) is 9.01. The molecule has 80 valence electrons. The number of morpholine rings is 1. The molecule has 14 heavy (non-hydrogen) atoms. The van der Waals surface area contributed by atoms with Crippen LogP contribution in [0.4, 0.5) is 0 Å². The van der Waals surface area contributed by atoms with E-state index in [-0.39, 0.29) is 11.7 Å². The number of ether oxygens (including phenoxy) is 2. The molecule has 1 heterocycles. The summed E-state index contributed by atoms with van der Waals surface area (Å²) in [5, 5.41) is 3.32. The maximum Gasteiger partial charge on any atom is 0.0940 e. The van der Waals surface area contributed by atoms with Gasteiger partial charge in [-0.25, -0.2) is 0 Å². The lowest BCUT2D eigenvalue weighted by atomic mass is 10.1. The molecule has 1 unspecified atom stereocenters. The summed E-state index contributed by atoms with van der Waals surface area (Å²) in [5.74, 6) is 2.54. The first-order valence-corrected chi connectivity index (χ1v) is 5.04. The van der Waals surface area contributed by atoms with Crippen molar-refractivity contribution in [3.63, 3.8) is 0 Å². The van der Waals surface area contributed by atoms with Crippen molar-refractivity contribution in [3.05, 3.63) is 0 Å². The van der Waals surface area contributed by atoms with E-state index in [1.807, 2.05) is 0 Å². The van der Waals surface area contributed by atoms with E-state index in [2.05, 4.69) is 25.1 Å². The molecule has 0 saturated carbocycles. The zero-order chi connectivity index (χ0) is 10.4. The first-order chi connectivity index (χ1) is 6.64. The molecule has 0 spiro atoms. The highest BCUT2D eigenvalue weighted by atomic mass is 16.5. The van der Waals surface area contributed by atoms with E-state index in [0.717, 1.165) is 13.1 Å². The summed E-state index contributed by atoms with van der Waals surface area (Å²) in [6, 6.07) is 0. The Balaban J connectivity index is 2.15. The van der Waals surface area contributed by atoms with E-state index in [1.54, 1.807) is 0 Å². The van der Waals surface area contributed by atoms with Gasteiger partial charge in [0.05, 0.1) is 24.9 Å². The first-order valence-electron chi connectivity index (χ1n) is 5.04. The summed E-state index contributed by atoms with van der Waals surface area (Å²) in [7, 11) is 0. The van der Waals surface area contributed by atoms with Crippen LogP contribution in [0.2, 0.25) is 0 Å². The lowest BCUT2D eigenvalue weighted by molar-refractivity contribution is -0.119. The van der Waals surface area contributed by atoms with Crippen LogP contribution in [0.15, 0.2) is 0 Å². The Morgan fingerprint density at radius 1 is 1.64 bits per heavy atom. The van der Waals surface area contributed by atoms with Crippen molar-refractivity contribution in [1.29, 1.82) is 0 Å². The second-order valence-electron chi connectivity index (χ2n) is 4.16. The summed E-state index contributed by atoms with van der Waals surface area (Å²) < 4.78 is 11.2. The number of terminal acetylenes is 1. The van der Waals surface area contributed by atoms with Gasteiger partial charge in [-0.05, 0) is 13.8 Å². The third-order valence-corrected chi connectivity index (χ3v) is 2.10. The first kappa shape index (κ1) is 11.5. The molecule has 0 bridgehead atoms. The van der Waals surface area contributed by atoms with Gasteiger partial charge in [-0.3, -0.25) is 0 Å². The van der Waals surface area contributed by atoms with Gasteiger partial charge < -0.3 is 14.8 Å². The predicted molar refractivity (Wildman–Crippen MR) is 56.1 cm³/mol. The molecule has 1 rings (SSSR count). The smallest absolute Gasteiger partial charge is 0.0940 e. The number of rotatable bonds is 4. The van der Waals surface area contributed by atoms with Gasteiger partial charge >= 0.3 is 0 Å². The minimum absolute atomic E-state index is 0.0849. The van der Waals surface area contributed by atoms with Gasteiger partial charge in [0, 0.05) is 19.5 Å². The van der Waals surface area contributed by atoms with Crippen LogP contribution in [0.3, 0.4) is 0 Å². The fourth-order valence-electron chi connectivity index (χ4n) is 1.51. The number of hydrogen-bond donors (Lipinski definition) is 1. The van der Waals surface area contributed by atoms with Gasteiger partial charge in [-0.15, -0.1) is 12.3 Å². The number of hydrogen-bond acceptors (Lipinski definition) is 3. The fourth-order valence-corrected chi connectivity index (χ4v) is 1.51. The Kier molecular flexibility index (Phi) is 4.40. The molecule has 0 aromatic heterocycles. The molecular weight excluding hydrogens is 178 g/mol. The quantitative estimate of drug-likeness (QED) is 0.534. The maximum absolute atomic E-state index is 5.81. The second-order valence-corrected chi connectivity index (χ2v) is 4.16. The molecule has 1 N–H and O–H groups in total. The maximum atomic E-state index is 5.81. The van der Waals surface area contributed by atoms with Crippen molar-refractivity contribution in [2.75, 3.05) is 26.3 Å². The molecule has 1 saturated heterocycles. The monoisotopic (exact) mass is 197 g/mol. The lowest BCUT2D eigenvalue weighted by Gasteiger charge is -2.36. The Hall–Kier alpha value is -0.560. The summed E-state index contributed by atoms with van der Waals surface area (Å²) in [4.78, 5) is 0. The van der Waals surface area contributed by atoms with Crippen LogP contribution >= 0.6 is 0 Å². The van der Waals surface area contributed by atoms with Crippen molar-refractivity contribution in [1.82, 2.24) is 5.32 Å². The van der Waals surface area contributed by atoms with Gasteiger partial charge in [0.1, 0.15) is 0 Å². The molecular formula is C11H19NO2. The normalized spacial score (nSPS) is 25.6. The van der Waals surface area contributed by atoms with Crippen molar-refractivity contribution in [2.24, 2.45) is 0 Å². The molecule has 1 atom stereocenters. The van der Waals surface area contributed by atoms with E-state index in [9.17, 15) is 0 Å². The standard InChI is InChI=1S/C11H19NO2/c1-4-5-6-13-8-10-7-12-9-11(2,3)14-10/h1,10,12H,5-9H2,2-3H3. The molecule has 1 aliphatic rings. The van der Waals surface area contributed by atoms with Crippen LogP contribution in [-0.4, -0.2) is 38.0 Å². The van der Waals surface area contributed by atoms with Crippen LogP contribution < -0.4 is 5.32 Å². The highest BCUT2D eigenvalue weighted by Crippen LogP contribution is 2.15.